The van der Waals surface area contributed by atoms with E-state index in [1.807, 2.05) is 43.5 Å². The molecule has 0 bridgehead atoms. The number of anilines is 1. The first-order valence-electron chi connectivity index (χ1n) is 8.54. The van der Waals surface area contributed by atoms with Crippen LogP contribution in [0.25, 0.3) is 11.5 Å². The Labute approximate surface area is 147 Å². The molecule has 3 heterocycles. The van der Waals surface area contributed by atoms with E-state index in [1.165, 1.54) is 0 Å². The van der Waals surface area contributed by atoms with Crippen molar-refractivity contribution in [3.05, 3.63) is 60.4 Å². The zero-order valence-corrected chi connectivity index (χ0v) is 14.3. The van der Waals surface area contributed by atoms with E-state index in [0.29, 0.717) is 5.89 Å². The summed E-state index contributed by atoms with van der Waals surface area (Å²) < 4.78 is 5.91. The molecule has 1 aromatic carbocycles. The van der Waals surface area contributed by atoms with Crippen molar-refractivity contribution in [2.24, 2.45) is 0 Å². The van der Waals surface area contributed by atoms with Crippen molar-refractivity contribution in [1.82, 2.24) is 19.9 Å². The topological polar surface area (TPSA) is 58.3 Å². The maximum atomic E-state index is 5.91. The normalized spacial score (nSPS) is 15.5. The van der Waals surface area contributed by atoms with Crippen molar-refractivity contribution < 1.29 is 4.42 Å². The lowest BCUT2D eigenvalue weighted by Gasteiger charge is -2.35. The average molecular weight is 335 g/mol. The Balaban J connectivity index is 1.36. The van der Waals surface area contributed by atoms with Gasteiger partial charge >= 0.3 is 0 Å². The number of aromatic nitrogens is 3. The van der Waals surface area contributed by atoms with Crippen LogP contribution in [0.1, 0.15) is 11.5 Å². The van der Waals surface area contributed by atoms with E-state index in [0.717, 1.165) is 55.6 Å². The number of benzene rings is 1. The fourth-order valence-corrected chi connectivity index (χ4v) is 3.14. The predicted octanol–water partition coefficient (Wildman–Crippen LogP) is 2.76. The van der Waals surface area contributed by atoms with Crippen LogP contribution in [-0.2, 0) is 6.54 Å². The molecule has 0 aliphatic carbocycles. The van der Waals surface area contributed by atoms with E-state index in [1.54, 1.807) is 12.4 Å². The van der Waals surface area contributed by atoms with Crippen LogP contribution in [0.4, 0.5) is 5.82 Å². The van der Waals surface area contributed by atoms with Gasteiger partial charge in [0.2, 0.25) is 5.89 Å². The van der Waals surface area contributed by atoms with Crippen molar-refractivity contribution in [2.75, 3.05) is 31.1 Å². The van der Waals surface area contributed by atoms with Gasteiger partial charge in [0.25, 0.3) is 0 Å². The molecule has 25 heavy (non-hydrogen) atoms. The van der Waals surface area contributed by atoms with E-state index >= 15 is 0 Å². The second-order valence-electron chi connectivity index (χ2n) is 6.23. The van der Waals surface area contributed by atoms with Gasteiger partial charge in [-0.2, -0.15) is 0 Å². The Hall–Kier alpha value is -2.73. The van der Waals surface area contributed by atoms with Crippen molar-refractivity contribution >= 4 is 5.82 Å². The van der Waals surface area contributed by atoms with E-state index in [2.05, 4.69) is 24.8 Å². The predicted molar refractivity (Wildman–Crippen MR) is 96.2 cm³/mol. The molecule has 1 aliphatic rings. The number of rotatable bonds is 4. The van der Waals surface area contributed by atoms with E-state index in [9.17, 15) is 0 Å². The number of nitrogens with zero attached hydrogens (tertiary/aromatic N) is 5. The van der Waals surface area contributed by atoms with E-state index in [-0.39, 0.29) is 0 Å². The quantitative estimate of drug-likeness (QED) is 0.731. The molecule has 0 atom stereocenters. The zero-order chi connectivity index (χ0) is 17.1. The maximum Gasteiger partial charge on any atom is 0.226 e. The molecular formula is C19H21N5O. The Morgan fingerprint density at radius 3 is 2.48 bits per heavy atom. The Bertz CT molecular complexity index is 825. The van der Waals surface area contributed by atoms with Crippen LogP contribution in [0, 0.1) is 6.92 Å². The molecule has 0 saturated carbocycles. The van der Waals surface area contributed by atoms with Gasteiger partial charge in [-0.05, 0) is 19.1 Å². The number of hydrogen-bond acceptors (Lipinski definition) is 6. The third-order valence-corrected chi connectivity index (χ3v) is 4.48. The Morgan fingerprint density at radius 1 is 0.960 bits per heavy atom. The molecule has 6 nitrogen and oxygen atoms in total. The summed E-state index contributed by atoms with van der Waals surface area (Å²) >= 11 is 0. The van der Waals surface area contributed by atoms with Crippen molar-refractivity contribution in [3.8, 4) is 11.5 Å². The van der Waals surface area contributed by atoms with Gasteiger partial charge in [-0.25, -0.2) is 9.97 Å². The van der Waals surface area contributed by atoms with Crippen molar-refractivity contribution in [1.29, 1.82) is 0 Å². The summed E-state index contributed by atoms with van der Waals surface area (Å²) in [5.74, 6) is 2.58. The fourth-order valence-electron chi connectivity index (χ4n) is 3.14. The lowest BCUT2D eigenvalue weighted by atomic mass is 10.2. The van der Waals surface area contributed by atoms with Crippen LogP contribution >= 0.6 is 0 Å². The first kappa shape index (κ1) is 15.8. The summed E-state index contributed by atoms with van der Waals surface area (Å²) in [4.78, 5) is 17.9. The lowest BCUT2D eigenvalue weighted by molar-refractivity contribution is 0.231. The zero-order valence-electron chi connectivity index (χ0n) is 14.3. The fraction of sp³-hybridized carbons (Fsp3) is 0.316. The molecule has 6 heteroatoms. The highest BCUT2D eigenvalue weighted by atomic mass is 16.4. The molecule has 0 radical (unpaired) electrons. The van der Waals surface area contributed by atoms with Crippen molar-refractivity contribution in [3.63, 3.8) is 0 Å². The molecule has 0 unspecified atom stereocenters. The molecule has 128 valence electrons. The number of oxazole rings is 1. The lowest BCUT2D eigenvalue weighted by Crippen LogP contribution is -2.46. The second-order valence-corrected chi connectivity index (χ2v) is 6.23. The number of aryl methyl sites for hydroxylation is 1. The molecule has 0 N–H and O–H groups in total. The maximum absolute atomic E-state index is 5.91. The molecular weight excluding hydrogens is 314 g/mol. The molecule has 0 amide bonds. The molecule has 1 saturated heterocycles. The van der Waals surface area contributed by atoms with Gasteiger partial charge in [0, 0.05) is 44.1 Å². The van der Waals surface area contributed by atoms with Crippen LogP contribution in [0.15, 0.2) is 53.3 Å². The Kier molecular flexibility index (Phi) is 4.43. The highest BCUT2D eigenvalue weighted by Crippen LogP contribution is 2.21. The summed E-state index contributed by atoms with van der Waals surface area (Å²) in [6.07, 6.45) is 5.33. The average Bonchev–Trinajstić information content (AvgIpc) is 3.12. The summed E-state index contributed by atoms with van der Waals surface area (Å²) in [6, 6.07) is 10.0. The number of hydrogen-bond donors (Lipinski definition) is 0. The van der Waals surface area contributed by atoms with Crippen LogP contribution in [0.5, 0.6) is 0 Å². The van der Waals surface area contributed by atoms with Gasteiger partial charge in [-0.15, -0.1) is 0 Å². The Morgan fingerprint density at radius 2 is 1.72 bits per heavy atom. The molecule has 0 spiro atoms. The van der Waals surface area contributed by atoms with Gasteiger partial charge in [-0.3, -0.25) is 9.88 Å². The van der Waals surface area contributed by atoms with Gasteiger partial charge in [0.15, 0.2) is 0 Å². The monoisotopic (exact) mass is 335 g/mol. The van der Waals surface area contributed by atoms with Crippen LogP contribution in [0.2, 0.25) is 0 Å². The first-order chi connectivity index (χ1) is 12.3. The summed E-state index contributed by atoms with van der Waals surface area (Å²) in [5.41, 5.74) is 2.00. The first-order valence-corrected chi connectivity index (χ1v) is 8.54. The van der Waals surface area contributed by atoms with Gasteiger partial charge < -0.3 is 9.32 Å². The molecule has 2 aromatic heterocycles. The van der Waals surface area contributed by atoms with Crippen LogP contribution in [-0.4, -0.2) is 46.0 Å². The smallest absolute Gasteiger partial charge is 0.226 e. The van der Waals surface area contributed by atoms with Crippen LogP contribution in [0.3, 0.4) is 0 Å². The SMILES string of the molecule is Cc1nccnc1N1CCN(Cc2cnc(-c3ccccc3)o2)CC1. The van der Waals surface area contributed by atoms with Gasteiger partial charge in [0.05, 0.1) is 18.4 Å². The third-order valence-electron chi connectivity index (χ3n) is 4.48. The third kappa shape index (κ3) is 3.53. The number of piperazine rings is 1. The van der Waals surface area contributed by atoms with Crippen LogP contribution < -0.4 is 4.90 Å². The second kappa shape index (κ2) is 7.03. The summed E-state index contributed by atoms with van der Waals surface area (Å²) in [5, 5.41) is 0. The van der Waals surface area contributed by atoms with E-state index < -0.39 is 0 Å². The van der Waals surface area contributed by atoms with Gasteiger partial charge in [-0.1, -0.05) is 18.2 Å². The van der Waals surface area contributed by atoms with Crippen molar-refractivity contribution in [2.45, 2.75) is 13.5 Å². The largest absolute Gasteiger partial charge is 0.440 e. The minimum absolute atomic E-state index is 0.685. The molecule has 4 rings (SSSR count). The van der Waals surface area contributed by atoms with E-state index in [4.69, 9.17) is 4.42 Å². The highest BCUT2D eigenvalue weighted by Gasteiger charge is 2.20. The summed E-state index contributed by atoms with van der Waals surface area (Å²) in [6.45, 7) is 6.62. The summed E-state index contributed by atoms with van der Waals surface area (Å²) in [7, 11) is 0. The van der Waals surface area contributed by atoms with Gasteiger partial charge in [0.1, 0.15) is 11.6 Å². The minimum atomic E-state index is 0.685. The molecule has 1 aliphatic heterocycles. The highest BCUT2D eigenvalue weighted by molar-refractivity contribution is 5.52. The molecule has 3 aromatic rings. The standard InChI is InChI=1S/C19H21N5O/c1-15-18(21-8-7-20-15)24-11-9-23(10-12-24)14-17-13-22-19(25-17)16-5-3-2-4-6-16/h2-8,13H,9-12,14H2,1H3. The minimum Gasteiger partial charge on any atom is -0.440 e. The molecule has 1 fully saturated rings.